The molecule has 1 aromatic rings. The highest BCUT2D eigenvalue weighted by molar-refractivity contribution is 6.03. The van der Waals surface area contributed by atoms with Gasteiger partial charge in [0.2, 0.25) is 0 Å². The minimum atomic E-state index is -0.781. The Labute approximate surface area is 158 Å². The van der Waals surface area contributed by atoms with Crippen LogP contribution in [-0.2, 0) is 14.3 Å². The summed E-state index contributed by atoms with van der Waals surface area (Å²) in [7, 11) is 1.43. The number of phenols is 1. The quantitative estimate of drug-likeness (QED) is 0.558. The lowest BCUT2D eigenvalue weighted by Crippen LogP contribution is -2.53. The van der Waals surface area contributed by atoms with Crippen molar-refractivity contribution in [3.63, 3.8) is 0 Å². The van der Waals surface area contributed by atoms with E-state index in [4.69, 9.17) is 9.47 Å². The largest absolute Gasteiger partial charge is 0.508 e. The summed E-state index contributed by atoms with van der Waals surface area (Å²) in [4.78, 5) is 13.0. The maximum atomic E-state index is 13.0. The molecule has 0 saturated carbocycles. The van der Waals surface area contributed by atoms with Crippen LogP contribution < -0.4 is 0 Å². The standard InChI is InChI=1S/C21H24O6/c1-21(2)18(24)10-14-16(27-21)11-17(26-3)19(20(14)25)15(23)9-6-12-4-7-13(22)8-5-12/h4-9,11,14,16,18,22-24H,10H2,1-3H3. The SMILES string of the molecule is COC1=CC2OC(C)(C)C(O)CC2C(=O)C1=C(O)C=Cc1ccc(O)cc1. The van der Waals surface area contributed by atoms with Crippen molar-refractivity contribution in [2.24, 2.45) is 5.92 Å². The highest BCUT2D eigenvalue weighted by Gasteiger charge is 2.48. The number of phenolic OH excluding ortho intramolecular Hbond substituents is 1. The lowest BCUT2D eigenvalue weighted by Gasteiger charge is -2.44. The van der Waals surface area contributed by atoms with Crippen LogP contribution in [0.15, 0.2) is 53.5 Å². The number of aromatic hydroxyl groups is 1. The van der Waals surface area contributed by atoms with E-state index >= 15 is 0 Å². The summed E-state index contributed by atoms with van der Waals surface area (Å²) in [5.41, 5.74) is 0.0604. The van der Waals surface area contributed by atoms with Crippen molar-refractivity contribution in [2.45, 2.75) is 38.1 Å². The van der Waals surface area contributed by atoms with Gasteiger partial charge in [-0.2, -0.15) is 0 Å². The molecule has 0 radical (unpaired) electrons. The van der Waals surface area contributed by atoms with E-state index in [0.717, 1.165) is 5.56 Å². The van der Waals surface area contributed by atoms with E-state index in [1.807, 2.05) is 0 Å². The third-order valence-electron chi connectivity index (χ3n) is 5.06. The molecule has 1 fully saturated rings. The minimum Gasteiger partial charge on any atom is -0.508 e. The van der Waals surface area contributed by atoms with Crippen molar-refractivity contribution in [3.8, 4) is 5.75 Å². The first-order valence-corrected chi connectivity index (χ1v) is 8.79. The molecule has 144 valence electrons. The Morgan fingerprint density at radius 3 is 2.59 bits per heavy atom. The second kappa shape index (κ2) is 7.21. The first-order chi connectivity index (χ1) is 12.7. The van der Waals surface area contributed by atoms with Gasteiger partial charge < -0.3 is 24.8 Å². The molecule has 1 aliphatic heterocycles. The average Bonchev–Trinajstić information content (AvgIpc) is 2.62. The number of Topliss-reactive ketones (excluding diaryl/α,β-unsaturated/α-hetero) is 1. The number of hydrogen-bond donors (Lipinski definition) is 3. The topological polar surface area (TPSA) is 96.2 Å². The number of ether oxygens (including phenoxy) is 2. The number of aliphatic hydroxyl groups is 2. The van der Waals surface area contributed by atoms with E-state index in [9.17, 15) is 20.1 Å². The fraction of sp³-hybridized carbons (Fsp3) is 0.381. The fourth-order valence-electron chi connectivity index (χ4n) is 3.38. The second-order valence-electron chi connectivity index (χ2n) is 7.33. The fourth-order valence-corrected chi connectivity index (χ4v) is 3.38. The van der Waals surface area contributed by atoms with Gasteiger partial charge in [0.1, 0.15) is 22.8 Å². The van der Waals surface area contributed by atoms with Gasteiger partial charge >= 0.3 is 0 Å². The van der Waals surface area contributed by atoms with Gasteiger partial charge in [0.05, 0.1) is 30.8 Å². The monoisotopic (exact) mass is 372 g/mol. The van der Waals surface area contributed by atoms with E-state index in [2.05, 4.69) is 0 Å². The van der Waals surface area contributed by atoms with Gasteiger partial charge in [-0.3, -0.25) is 4.79 Å². The number of methoxy groups -OCH3 is 1. The minimum absolute atomic E-state index is 0.0734. The second-order valence-corrected chi connectivity index (χ2v) is 7.33. The highest BCUT2D eigenvalue weighted by atomic mass is 16.5. The Hall–Kier alpha value is -2.57. The van der Waals surface area contributed by atoms with Crippen LogP contribution in [-0.4, -0.2) is 46.0 Å². The third kappa shape index (κ3) is 3.77. The molecule has 6 heteroatoms. The third-order valence-corrected chi connectivity index (χ3v) is 5.06. The summed E-state index contributed by atoms with van der Waals surface area (Å²) in [5, 5.41) is 30.1. The van der Waals surface area contributed by atoms with Crippen LogP contribution in [0.5, 0.6) is 5.75 Å². The van der Waals surface area contributed by atoms with Crippen LogP contribution in [0.3, 0.4) is 0 Å². The van der Waals surface area contributed by atoms with E-state index < -0.39 is 23.7 Å². The first-order valence-electron chi connectivity index (χ1n) is 8.79. The molecule has 2 aliphatic rings. The maximum Gasteiger partial charge on any atom is 0.176 e. The van der Waals surface area contributed by atoms with Crippen molar-refractivity contribution in [1.82, 2.24) is 0 Å². The Morgan fingerprint density at radius 2 is 1.96 bits per heavy atom. The van der Waals surface area contributed by atoms with Crippen LogP contribution in [0.2, 0.25) is 0 Å². The van der Waals surface area contributed by atoms with Crippen molar-refractivity contribution >= 4 is 11.9 Å². The molecule has 0 aromatic heterocycles. The van der Waals surface area contributed by atoms with Gasteiger partial charge in [0.15, 0.2) is 5.78 Å². The molecule has 1 saturated heterocycles. The van der Waals surface area contributed by atoms with Gasteiger partial charge in [0, 0.05) is 0 Å². The van der Waals surface area contributed by atoms with Gasteiger partial charge in [-0.25, -0.2) is 0 Å². The number of ketones is 1. The first kappa shape index (κ1) is 19.2. The molecular formula is C21H24O6. The predicted octanol–water partition coefficient (Wildman–Crippen LogP) is 2.88. The number of aliphatic hydroxyl groups excluding tert-OH is 2. The molecule has 1 heterocycles. The van der Waals surface area contributed by atoms with Crippen molar-refractivity contribution in [3.05, 3.63) is 59.1 Å². The molecule has 3 rings (SSSR count). The number of allylic oxidation sites excluding steroid dienone is 2. The van der Waals surface area contributed by atoms with Crippen molar-refractivity contribution in [1.29, 1.82) is 0 Å². The molecule has 1 aromatic carbocycles. The van der Waals surface area contributed by atoms with Gasteiger partial charge in [-0.05, 0) is 50.1 Å². The zero-order valence-corrected chi connectivity index (χ0v) is 15.5. The van der Waals surface area contributed by atoms with Crippen LogP contribution in [0.4, 0.5) is 0 Å². The Morgan fingerprint density at radius 1 is 1.30 bits per heavy atom. The Bertz CT molecular complexity index is 816. The number of rotatable bonds is 3. The summed E-state index contributed by atoms with van der Waals surface area (Å²) in [6.45, 7) is 3.56. The van der Waals surface area contributed by atoms with Crippen LogP contribution >= 0.6 is 0 Å². The molecule has 0 amide bonds. The summed E-state index contributed by atoms with van der Waals surface area (Å²) >= 11 is 0. The zero-order valence-electron chi connectivity index (χ0n) is 15.5. The maximum absolute atomic E-state index is 13.0. The number of hydrogen-bond acceptors (Lipinski definition) is 6. The van der Waals surface area contributed by atoms with Crippen molar-refractivity contribution < 1.29 is 29.6 Å². The molecule has 27 heavy (non-hydrogen) atoms. The molecule has 3 atom stereocenters. The van der Waals surface area contributed by atoms with Gasteiger partial charge in [0.25, 0.3) is 0 Å². The van der Waals surface area contributed by atoms with Crippen molar-refractivity contribution in [2.75, 3.05) is 7.11 Å². The number of carbonyl (C=O) groups is 1. The van der Waals surface area contributed by atoms with E-state index in [1.54, 1.807) is 38.1 Å². The Balaban J connectivity index is 1.95. The molecular weight excluding hydrogens is 348 g/mol. The zero-order chi connectivity index (χ0) is 19.8. The average molecular weight is 372 g/mol. The van der Waals surface area contributed by atoms with E-state index in [1.165, 1.54) is 25.3 Å². The molecule has 1 aliphatic carbocycles. The molecule has 6 nitrogen and oxygen atoms in total. The van der Waals surface area contributed by atoms with E-state index in [0.29, 0.717) is 0 Å². The van der Waals surface area contributed by atoms with Crippen LogP contribution in [0.25, 0.3) is 6.08 Å². The van der Waals surface area contributed by atoms with E-state index in [-0.39, 0.29) is 35.0 Å². The Kier molecular flexibility index (Phi) is 5.13. The molecule has 3 unspecified atom stereocenters. The summed E-state index contributed by atoms with van der Waals surface area (Å²) < 4.78 is 11.2. The number of benzene rings is 1. The lowest BCUT2D eigenvalue weighted by atomic mass is 9.76. The highest BCUT2D eigenvalue weighted by Crippen LogP contribution is 2.40. The van der Waals surface area contributed by atoms with Gasteiger partial charge in [-0.1, -0.05) is 18.2 Å². The van der Waals surface area contributed by atoms with Crippen LogP contribution in [0, 0.1) is 5.92 Å². The lowest BCUT2D eigenvalue weighted by molar-refractivity contribution is -0.183. The number of carbonyl (C=O) groups excluding carboxylic acids is 1. The summed E-state index contributed by atoms with van der Waals surface area (Å²) in [6.07, 6.45) is 3.68. The smallest absolute Gasteiger partial charge is 0.176 e. The predicted molar refractivity (Wildman–Crippen MR) is 100.0 cm³/mol. The molecule has 0 spiro atoms. The summed E-state index contributed by atoms with van der Waals surface area (Å²) in [6, 6.07) is 6.43. The normalized spacial score (nSPS) is 29.3. The van der Waals surface area contributed by atoms with Gasteiger partial charge in [-0.15, -0.1) is 0 Å². The molecule has 3 N–H and O–H groups in total. The summed E-state index contributed by atoms with van der Waals surface area (Å²) in [5.74, 6) is -0.722. The number of fused-ring (bicyclic) bond motifs is 1. The van der Waals surface area contributed by atoms with Crippen LogP contribution in [0.1, 0.15) is 25.8 Å². The molecule has 0 bridgehead atoms.